The number of carbonyl (C=O) groups excluding carboxylic acids is 1. The minimum Gasteiger partial charge on any atom is -0.454 e. The first-order chi connectivity index (χ1) is 14.3. The predicted molar refractivity (Wildman–Crippen MR) is 110 cm³/mol. The van der Waals surface area contributed by atoms with Gasteiger partial charge in [0.25, 0.3) is 5.56 Å². The highest BCUT2D eigenvalue weighted by molar-refractivity contribution is 5.97. The van der Waals surface area contributed by atoms with Crippen molar-refractivity contribution >= 4 is 33.9 Å². The molecule has 0 radical (unpaired) electrons. The number of imidazole rings is 1. The lowest BCUT2D eigenvalue weighted by atomic mass is 10.1. The largest absolute Gasteiger partial charge is 0.454 e. The lowest BCUT2D eigenvalue weighted by Crippen LogP contribution is -2.29. The number of rotatable bonds is 4. The van der Waals surface area contributed by atoms with Crippen LogP contribution in [0.4, 0.5) is 5.82 Å². The molecule has 3 aromatic heterocycles. The van der Waals surface area contributed by atoms with Gasteiger partial charge in [-0.2, -0.15) is 0 Å². The molecule has 1 N–H and O–H groups in total. The molecule has 11 heteroatoms. The molecule has 30 heavy (non-hydrogen) atoms. The Hall–Kier alpha value is -4.02. The smallest absolute Gasteiger partial charge is 0.338 e. The van der Waals surface area contributed by atoms with E-state index in [1.54, 1.807) is 25.2 Å². The zero-order chi connectivity index (χ0) is 21.6. The number of hydrogen-bond acceptors (Lipinski definition) is 8. The van der Waals surface area contributed by atoms with Crippen LogP contribution in [0.3, 0.4) is 0 Å². The summed E-state index contributed by atoms with van der Waals surface area (Å²) in [6.45, 7) is -0.164. The molecule has 0 saturated heterocycles. The van der Waals surface area contributed by atoms with E-state index in [-0.39, 0.29) is 17.8 Å². The van der Waals surface area contributed by atoms with E-state index in [4.69, 9.17) is 4.74 Å². The van der Waals surface area contributed by atoms with Crippen molar-refractivity contribution in [2.75, 3.05) is 19.0 Å². The number of esters is 1. The SMILES string of the molecule is CN(C)c1ncnc2cc(C(=O)OCc3nc4c(c(=O)[nH]c(=O)n4C)n3C)ccc12. The number of nitrogens with one attached hydrogen (secondary N) is 1. The number of aryl methyl sites for hydroxylation is 2. The van der Waals surface area contributed by atoms with Crippen LogP contribution in [0, 0.1) is 0 Å². The molecule has 0 bridgehead atoms. The number of aromatic amines is 1. The molecule has 0 aliphatic carbocycles. The van der Waals surface area contributed by atoms with Gasteiger partial charge in [-0.25, -0.2) is 24.5 Å². The van der Waals surface area contributed by atoms with E-state index < -0.39 is 17.2 Å². The molecule has 1 aromatic carbocycles. The number of benzene rings is 1. The molecule has 4 aromatic rings. The molecule has 0 aliphatic rings. The van der Waals surface area contributed by atoms with Crippen LogP contribution < -0.4 is 16.1 Å². The Morgan fingerprint density at radius 1 is 1.17 bits per heavy atom. The number of fused-ring (bicyclic) bond motifs is 2. The minimum atomic E-state index is -0.565. The maximum Gasteiger partial charge on any atom is 0.338 e. The predicted octanol–water partition coefficient (Wildman–Crippen LogP) is 0.327. The molecule has 4 rings (SSSR count). The first kappa shape index (κ1) is 19.3. The fourth-order valence-corrected chi connectivity index (χ4v) is 3.22. The van der Waals surface area contributed by atoms with Gasteiger partial charge in [0, 0.05) is 33.6 Å². The second-order valence-electron chi connectivity index (χ2n) is 6.98. The number of anilines is 1. The van der Waals surface area contributed by atoms with Gasteiger partial charge in [-0.1, -0.05) is 0 Å². The van der Waals surface area contributed by atoms with E-state index in [0.29, 0.717) is 16.9 Å². The summed E-state index contributed by atoms with van der Waals surface area (Å²) in [5, 5.41) is 0.814. The Morgan fingerprint density at radius 2 is 1.93 bits per heavy atom. The van der Waals surface area contributed by atoms with Crippen LogP contribution in [0.5, 0.6) is 0 Å². The molecule has 0 atom stereocenters. The molecular formula is C19H19N7O4. The van der Waals surface area contributed by atoms with Crippen LogP contribution in [-0.4, -0.2) is 49.1 Å². The first-order valence-electron chi connectivity index (χ1n) is 9.01. The highest BCUT2D eigenvalue weighted by Crippen LogP contribution is 2.22. The number of nitrogens with zero attached hydrogens (tertiary/aromatic N) is 6. The van der Waals surface area contributed by atoms with E-state index in [1.165, 1.54) is 22.5 Å². The van der Waals surface area contributed by atoms with Gasteiger partial charge in [0.2, 0.25) is 0 Å². The van der Waals surface area contributed by atoms with Crippen molar-refractivity contribution < 1.29 is 9.53 Å². The summed E-state index contributed by atoms with van der Waals surface area (Å²) in [6.07, 6.45) is 1.44. The van der Waals surface area contributed by atoms with Gasteiger partial charge in [0.05, 0.1) is 11.1 Å². The lowest BCUT2D eigenvalue weighted by Gasteiger charge is -2.13. The quantitative estimate of drug-likeness (QED) is 0.478. The standard InChI is InChI=1S/C19H19N7O4/c1-24(2)15-11-6-5-10(7-12(11)20-9-21-15)18(28)30-8-13-22-16-14(25(13)3)17(27)23-19(29)26(16)4/h5-7,9H,8H2,1-4H3,(H,23,27,29). The Bertz CT molecular complexity index is 1410. The van der Waals surface area contributed by atoms with Crippen LogP contribution in [-0.2, 0) is 25.4 Å². The van der Waals surface area contributed by atoms with Crippen LogP contribution >= 0.6 is 0 Å². The van der Waals surface area contributed by atoms with Gasteiger partial charge >= 0.3 is 11.7 Å². The first-order valence-corrected chi connectivity index (χ1v) is 9.01. The van der Waals surface area contributed by atoms with E-state index in [1.807, 2.05) is 19.0 Å². The van der Waals surface area contributed by atoms with Gasteiger partial charge in [0.1, 0.15) is 24.6 Å². The van der Waals surface area contributed by atoms with E-state index in [9.17, 15) is 14.4 Å². The third-order valence-electron chi connectivity index (χ3n) is 4.83. The van der Waals surface area contributed by atoms with E-state index in [2.05, 4.69) is 19.9 Å². The molecule has 0 aliphatic heterocycles. The zero-order valence-electron chi connectivity index (χ0n) is 16.8. The molecule has 0 saturated carbocycles. The monoisotopic (exact) mass is 409 g/mol. The fourth-order valence-electron chi connectivity index (χ4n) is 3.22. The van der Waals surface area contributed by atoms with Crippen molar-refractivity contribution in [3.05, 3.63) is 56.8 Å². The summed E-state index contributed by atoms with van der Waals surface area (Å²) in [5.41, 5.74) is 0.274. The number of aromatic nitrogens is 6. The summed E-state index contributed by atoms with van der Waals surface area (Å²) in [5.74, 6) is 0.523. The highest BCUT2D eigenvalue weighted by atomic mass is 16.5. The summed E-state index contributed by atoms with van der Waals surface area (Å²) in [7, 11) is 6.87. The van der Waals surface area contributed by atoms with Gasteiger partial charge in [-0.3, -0.25) is 14.3 Å². The van der Waals surface area contributed by atoms with Crippen molar-refractivity contribution in [3.63, 3.8) is 0 Å². The van der Waals surface area contributed by atoms with Crippen molar-refractivity contribution in [2.24, 2.45) is 14.1 Å². The van der Waals surface area contributed by atoms with Crippen LogP contribution in [0.25, 0.3) is 22.1 Å². The molecule has 154 valence electrons. The third kappa shape index (κ3) is 3.09. The molecule has 3 heterocycles. The number of hydrogen-bond donors (Lipinski definition) is 1. The molecule has 0 spiro atoms. The second-order valence-corrected chi connectivity index (χ2v) is 6.98. The molecule has 0 fully saturated rings. The maximum absolute atomic E-state index is 12.6. The van der Waals surface area contributed by atoms with Gasteiger partial charge in [-0.05, 0) is 18.2 Å². The maximum atomic E-state index is 12.6. The summed E-state index contributed by atoms with van der Waals surface area (Å²) < 4.78 is 8.11. The average molecular weight is 409 g/mol. The average Bonchev–Trinajstić information content (AvgIpc) is 3.06. The minimum absolute atomic E-state index is 0.164. The van der Waals surface area contributed by atoms with E-state index >= 15 is 0 Å². The van der Waals surface area contributed by atoms with Crippen LogP contribution in [0.15, 0.2) is 34.1 Å². The Kier molecular flexibility index (Phi) is 4.57. The van der Waals surface area contributed by atoms with Crippen LogP contribution in [0.1, 0.15) is 16.2 Å². The Labute approximate surface area is 169 Å². The van der Waals surface area contributed by atoms with Crippen molar-refractivity contribution in [2.45, 2.75) is 6.61 Å². The molecule has 11 nitrogen and oxygen atoms in total. The van der Waals surface area contributed by atoms with Crippen LogP contribution in [0.2, 0.25) is 0 Å². The summed E-state index contributed by atoms with van der Waals surface area (Å²) in [4.78, 5) is 53.2. The van der Waals surface area contributed by atoms with Gasteiger partial charge < -0.3 is 14.2 Å². The van der Waals surface area contributed by atoms with Gasteiger partial charge in [0.15, 0.2) is 11.2 Å². The second kappa shape index (κ2) is 7.10. The lowest BCUT2D eigenvalue weighted by molar-refractivity contribution is 0.0460. The number of carbonyl (C=O) groups is 1. The fraction of sp³-hybridized carbons (Fsp3) is 0.263. The van der Waals surface area contributed by atoms with Crippen molar-refractivity contribution in [3.8, 4) is 0 Å². The topological polar surface area (TPSA) is 128 Å². The summed E-state index contributed by atoms with van der Waals surface area (Å²) in [6, 6.07) is 5.05. The summed E-state index contributed by atoms with van der Waals surface area (Å²) >= 11 is 0. The van der Waals surface area contributed by atoms with E-state index in [0.717, 1.165) is 11.2 Å². The van der Waals surface area contributed by atoms with Crippen molar-refractivity contribution in [1.29, 1.82) is 0 Å². The Balaban J connectivity index is 1.62. The van der Waals surface area contributed by atoms with Crippen molar-refractivity contribution in [1.82, 2.24) is 29.1 Å². The Morgan fingerprint density at radius 3 is 2.67 bits per heavy atom. The third-order valence-corrected chi connectivity index (χ3v) is 4.83. The number of ether oxygens (including phenoxy) is 1. The highest BCUT2D eigenvalue weighted by Gasteiger charge is 2.17. The zero-order valence-corrected chi connectivity index (χ0v) is 16.8. The molecule has 0 unspecified atom stereocenters. The number of H-pyrrole nitrogens is 1. The molecular weight excluding hydrogens is 390 g/mol. The molecule has 0 amide bonds. The normalized spacial score (nSPS) is 11.2. The van der Waals surface area contributed by atoms with Gasteiger partial charge in [-0.15, -0.1) is 0 Å².